The van der Waals surface area contributed by atoms with Crippen LogP contribution in [-0.2, 0) is 9.53 Å². The lowest BCUT2D eigenvalue weighted by Gasteiger charge is -2.19. The number of rotatable bonds is 1. The monoisotopic (exact) mass is 191 g/mol. The first-order valence-corrected chi connectivity index (χ1v) is 4.29. The van der Waals surface area contributed by atoms with Crippen molar-refractivity contribution in [1.82, 2.24) is 0 Å². The third-order valence-corrected chi connectivity index (χ3v) is 2.11. The topological polar surface area (TPSA) is 52.4 Å². The highest BCUT2D eigenvalue weighted by Gasteiger charge is 2.26. The van der Waals surface area contributed by atoms with E-state index >= 15 is 0 Å². The van der Waals surface area contributed by atoms with Crippen molar-refractivity contribution < 1.29 is 14.3 Å². The molecule has 0 radical (unpaired) electrons. The number of ether oxygens (including phenoxy) is 1. The Hall–Kier alpha value is -1.84. The summed E-state index contributed by atoms with van der Waals surface area (Å²) in [5.41, 5.74) is 0.853. The highest BCUT2D eigenvalue weighted by molar-refractivity contribution is 6.21. The van der Waals surface area contributed by atoms with E-state index in [1.165, 1.54) is 0 Å². The molecule has 0 amide bonds. The molecule has 14 heavy (non-hydrogen) atoms. The van der Waals surface area contributed by atoms with Gasteiger partial charge in [0.15, 0.2) is 6.61 Å². The molecule has 1 atom stereocenters. The van der Waals surface area contributed by atoms with Crippen LogP contribution in [0.5, 0.6) is 0 Å². The maximum atomic E-state index is 11.4. The number of benzene rings is 1. The zero-order valence-corrected chi connectivity index (χ0v) is 7.42. The van der Waals surface area contributed by atoms with Crippen LogP contribution in [0.4, 0.5) is 0 Å². The molecule has 2 rings (SSSR count). The largest absolute Gasteiger partial charge is 0.623 e. The zero-order valence-electron chi connectivity index (χ0n) is 7.42. The number of hydroxylamine groups is 1. The van der Waals surface area contributed by atoms with Gasteiger partial charge >= 0.3 is 5.97 Å². The Morgan fingerprint density at radius 1 is 1.36 bits per heavy atom. The van der Waals surface area contributed by atoms with E-state index in [1.807, 2.05) is 30.3 Å². The van der Waals surface area contributed by atoms with Crippen LogP contribution >= 0.6 is 0 Å². The summed E-state index contributed by atoms with van der Waals surface area (Å²) in [6, 6.07) is 8.83. The second-order valence-corrected chi connectivity index (χ2v) is 3.05. The van der Waals surface area contributed by atoms with Gasteiger partial charge in [0.05, 0.1) is 0 Å². The van der Waals surface area contributed by atoms with E-state index in [2.05, 4.69) is 0 Å². The lowest BCUT2D eigenvalue weighted by atomic mass is 10.1. The second kappa shape index (κ2) is 3.49. The molecule has 1 aliphatic heterocycles. The van der Waals surface area contributed by atoms with Gasteiger partial charge in [0.1, 0.15) is 0 Å². The maximum Gasteiger partial charge on any atom is 0.396 e. The van der Waals surface area contributed by atoms with Gasteiger partial charge in [0.25, 0.3) is 6.21 Å². The van der Waals surface area contributed by atoms with Gasteiger partial charge in [0, 0.05) is 5.56 Å². The minimum atomic E-state index is -0.577. The summed E-state index contributed by atoms with van der Waals surface area (Å²) in [7, 11) is 0. The number of carbonyl (C=O) groups excluding carboxylic acids is 1. The molecule has 1 aromatic rings. The number of nitrogens with zero attached hydrogens (tertiary/aromatic N) is 1. The van der Waals surface area contributed by atoms with Gasteiger partial charge in [0.2, 0.25) is 6.04 Å². The molecule has 1 aromatic carbocycles. The van der Waals surface area contributed by atoms with Gasteiger partial charge in [-0.3, -0.25) is 0 Å². The fraction of sp³-hybridized carbons (Fsp3) is 0.200. The number of hydrogen-bond donors (Lipinski definition) is 0. The Kier molecular flexibility index (Phi) is 2.18. The molecule has 4 nitrogen and oxygen atoms in total. The summed E-state index contributed by atoms with van der Waals surface area (Å²) < 4.78 is 5.42. The molecule has 0 saturated heterocycles. The van der Waals surface area contributed by atoms with E-state index in [9.17, 15) is 10.0 Å². The third kappa shape index (κ3) is 1.59. The van der Waals surface area contributed by atoms with Crippen molar-refractivity contribution in [2.24, 2.45) is 0 Å². The van der Waals surface area contributed by atoms with Crippen LogP contribution in [-0.4, -0.2) is 23.5 Å². The minimum absolute atomic E-state index is 0.114. The van der Waals surface area contributed by atoms with E-state index in [4.69, 9.17) is 4.74 Å². The fourth-order valence-corrected chi connectivity index (χ4v) is 1.38. The first kappa shape index (κ1) is 8.74. The van der Waals surface area contributed by atoms with E-state index < -0.39 is 12.0 Å². The van der Waals surface area contributed by atoms with E-state index in [-0.39, 0.29) is 6.61 Å². The maximum absolute atomic E-state index is 11.4. The van der Waals surface area contributed by atoms with Crippen molar-refractivity contribution in [3.8, 4) is 0 Å². The predicted octanol–water partition coefficient (Wildman–Crippen LogP) is 0.866. The fourth-order valence-electron chi connectivity index (χ4n) is 1.38. The number of cyclic esters (lactones) is 1. The second-order valence-electron chi connectivity index (χ2n) is 3.05. The van der Waals surface area contributed by atoms with Crippen molar-refractivity contribution in [2.45, 2.75) is 6.04 Å². The van der Waals surface area contributed by atoms with Crippen molar-refractivity contribution in [3.63, 3.8) is 0 Å². The summed E-state index contributed by atoms with van der Waals surface area (Å²) in [6.45, 7) is 0.114. The highest BCUT2D eigenvalue weighted by atomic mass is 16.6. The molecule has 0 bridgehead atoms. The predicted molar refractivity (Wildman–Crippen MR) is 49.8 cm³/mol. The Morgan fingerprint density at radius 3 is 2.71 bits per heavy atom. The molecule has 0 fully saturated rings. The van der Waals surface area contributed by atoms with Gasteiger partial charge in [-0.15, -0.1) is 0 Å². The van der Waals surface area contributed by atoms with Gasteiger partial charge in [-0.25, -0.2) is 4.79 Å². The molecule has 72 valence electrons. The summed E-state index contributed by atoms with van der Waals surface area (Å²) in [5, 5.41) is 11.4. The average Bonchev–Trinajstić information content (AvgIpc) is 2.19. The molecule has 0 aromatic heterocycles. The quantitative estimate of drug-likeness (QED) is 0.376. The van der Waals surface area contributed by atoms with Crippen LogP contribution in [0.15, 0.2) is 30.3 Å². The molecule has 0 aliphatic carbocycles. The van der Waals surface area contributed by atoms with Crippen LogP contribution in [0.2, 0.25) is 0 Å². The third-order valence-electron chi connectivity index (χ3n) is 2.11. The van der Waals surface area contributed by atoms with Crippen LogP contribution in [0.1, 0.15) is 11.6 Å². The summed E-state index contributed by atoms with van der Waals surface area (Å²) in [5.74, 6) is -0.577. The van der Waals surface area contributed by atoms with Crippen LogP contribution < -0.4 is 0 Å². The van der Waals surface area contributed by atoms with Crippen molar-refractivity contribution in [1.29, 1.82) is 0 Å². The van der Waals surface area contributed by atoms with E-state index in [0.29, 0.717) is 4.74 Å². The molecule has 0 saturated carbocycles. The van der Waals surface area contributed by atoms with E-state index in [0.717, 1.165) is 11.8 Å². The summed E-state index contributed by atoms with van der Waals surface area (Å²) >= 11 is 0. The molecule has 1 heterocycles. The van der Waals surface area contributed by atoms with Crippen molar-refractivity contribution in [2.75, 3.05) is 6.61 Å². The molecule has 0 N–H and O–H groups in total. The first-order valence-electron chi connectivity index (χ1n) is 4.29. The number of carbonyl (C=O) groups is 1. The zero-order chi connectivity index (χ0) is 9.97. The van der Waals surface area contributed by atoms with Crippen molar-refractivity contribution >= 4 is 12.2 Å². The Labute approximate surface area is 81.0 Å². The van der Waals surface area contributed by atoms with Gasteiger partial charge < -0.3 is 9.94 Å². The minimum Gasteiger partial charge on any atom is -0.623 e. The number of esters is 1. The first-order chi connectivity index (χ1) is 6.77. The van der Waals surface area contributed by atoms with Crippen LogP contribution in [0.3, 0.4) is 0 Å². The Morgan fingerprint density at radius 2 is 2.07 bits per heavy atom. The summed E-state index contributed by atoms with van der Waals surface area (Å²) in [4.78, 5) is 10.7. The average molecular weight is 191 g/mol. The van der Waals surface area contributed by atoms with Crippen molar-refractivity contribution in [3.05, 3.63) is 41.1 Å². The standard InChI is InChI=1S/C10H9NO3/c12-10-6-11(13)9(7-14-10)8-4-2-1-3-5-8/h1-6,9H,7H2/t9-/m0/s1. The van der Waals surface area contributed by atoms with Crippen LogP contribution in [0, 0.1) is 5.21 Å². The smallest absolute Gasteiger partial charge is 0.396 e. The normalized spacial score (nSPS) is 21.3. The van der Waals surface area contributed by atoms with E-state index in [1.54, 1.807) is 0 Å². The SMILES string of the molecule is O=C1C=[N+]([O-])[C@H](c2ccccc2)CO1. The molecular formula is C10H9NO3. The molecule has 0 spiro atoms. The summed E-state index contributed by atoms with van der Waals surface area (Å²) in [6.07, 6.45) is 0.932. The highest BCUT2D eigenvalue weighted by Crippen LogP contribution is 2.18. The molecule has 1 aliphatic rings. The Bertz CT molecular complexity index is 372. The molecule has 0 unspecified atom stereocenters. The van der Waals surface area contributed by atoms with Gasteiger partial charge in [-0.1, -0.05) is 30.3 Å². The molecule has 4 heteroatoms. The molecular weight excluding hydrogens is 182 g/mol. The Balaban J connectivity index is 2.29. The van der Waals surface area contributed by atoms with Gasteiger partial charge in [-0.2, -0.15) is 4.74 Å². The lowest BCUT2D eigenvalue weighted by Crippen LogP contribution is -2.30. The lowest BCUT2D eigenvalue weighted by molar-refractivity contribution is -0.511. The van der Waals surface area contributed by atoms with Gasteiger partial charge in [-0.05, 0) is 0 Å². The number of hydrogen-bond acceptors (Lipinski definition) is 3. The van der Waals surface area contributed by atoms with Crippen LogP contribution in [0.25, 0.3) is 0 Å².